The molecule has 0 aliphatic carbocycles. The Morgan fingerprint density at radius 1 is 1.21 bits per heavy atom. The van der Waals surface area contributed by atoms with Crippen molar-refractivity contribution >= 4 is 35.6 Å². The predicted molar refractivity (Wildman–Crippen MR) is 116 cm³/mol. The fraction of sp³-hybridized carbons (Fsp3) is 0.350. The summed E-state index contributed by atoms with van der Waals surface area (Å²) in [5, 5.41) is 5.51. The van der Waals surface area contributed by atoms with Gasteiger partial charge in [0.1, 0.15) is 12.3 Å². The number of hydrogen-bond acceptors (Lipinski definition) is 5. The number of halogens is 1. The van der Waals surface area contributed by atoms with Gasteiger partial charge in [-0.25, -0.2) is 0 Å². The summed E-state index contributed by atoms with van der Waals surface area (Å²) in [4.78, 5) is 37.3. The first-order valence-electron chi connectivity index (χ1n) is 8.89. The first kappa shape index (κ1) is 24.0. The molecule has 9 heteroatoms. The van der Waals surface area contributed by atoms with E-state index in [0.29, 0.717) is 33.9 Å². The number of nitrogen functional groups attached to an aromatic ring is 1. The number of nitrogens with zero attached hydrogens (tertiary/aromatic N) is 1. The molecule has 8 nitrogen and oxygen atoms in total. The summed E-state index contributed by atoms with van der Waals surface area (Å²) in [6.45, 7) is 6.85. The van der Waals surface area contributed by atoms with Gasteiger partial charge >= 0.3 is 0 Å². The quantitative estimate of drug-likeness (QED) is 0.617. The maximum absolute atomic E-state index is 12.8. The summed E-state index contributed by atoms with van der Waals surface area (Å²) in [5.74, 6) is -0.175. The van der Waals surface area contributed by atoms with Gasteiger partial charge in [-0.15, -0.1) is 12.4 Å². The Labute approximate surface area is 175 Å². The number of aromatic nitrogens is 1. The van der Waals surface area contributed by atoms with Crippen LogP contribution in [0.1, 0.15) is 35.5 Å². The Morgan fingerprint density at radius 2 is 1.86 bits per heavy atom. The van der Waals surface area contributed by atoms with Crippen molar-refractivity contribution in [2.24, 2.45) is 0 Å². The maximum atomic E-state index is 12.8. The number of nitrogens with two attached hydrogens (primary N) is 1. The molecule has 0 atom stereocenters. The van der Waals surface area contributed by atoms with E-state index in [1.807, 2.05) is 13.8 Å². The molecule has 0 radical (unpaired) electrons. The van der Waals surface area contributed by atoms with Crippen molar-refractivity contribution in [2.75, 3.05) is 18.2 Å². The molecule has 0 fully saturated rings. The Bertz CT molecular complexity index is 970. The molecule has 29 heavy (non-hydrogen) atoms. The molecule has 1 heterocycles. The third-order valence-corrected chi connectivity index (χ3v) is 4.23. The monoisotopic (exact) mass is 422 g/mol. The molecule has 4 N–H and O–H groups in total. The molecule has 2 rings (SSSR count). The summed E-state index contributed by atoms with van der Waals surface area (Å²) in [7, 11) is 1.51. The largest absolute Gasteiger partial charge is 0.495 e. The standard InChI is InChI=1S/C20H26N4O4.ClH/c1-11(2)22-17(25)10-24-13(4)19(12(3)8-18(24)26)20(27)23-14-6-7-16(28-5)15(21)9-14;/h6-9,11H,10,21H2,1-5H3,(H,22,25)(H,23,27);1H. The van der Waals surface area contributed by atoms with Gasteiger partial charge in [0.2, 0.25) is 5.91 Å². The number of pyridine rings is 1. The van der Waals surface area contributed by atoms with E-state index in [-0.39, 0.29) is 36.5 Å². The summed E-state index contributed by atoms with van der Waals surface area (Å²) in [5.41, 5.74) is 7.72. The highest BCUT2D eigenvalue weighted by Crippen LogP contribution is 2.25. The van der Waals surface area contributed by atoms with E-state index in [0.717, 1.165) is 0 Å². The molecular weight excluding hydrogens is 396 g/mol. The van der Waals surface area contributed by atoms with Crippen molar-refractivity contribution in [1.82, 2.24) is 9.88 Å². The van der Waals surface area contributed by atoms with Gasteiger partial charge in [-0.1, -0.05) is 0 Å². The van der Waals surface area contributed by atoms with E-state index < -0.39 is 5.91 Å². The normalized spacial score (nSPS) is 10.3. The highest BCUT2D eigenvalue weighted by Gasteiger charge is 2.19. The first-order valence-corrected chi connectivity index (χ1v) is 8.89. The highest BCUT2D eigenvalue weighted by atomic mass is 35.5. The fourth-order valence-electron chi connectivity index (χ4n) is 2.98. The number of carbonyl (C=O) groups is 2. The lowest BCUT2D eigenvalue weighted by Crippen LogP contribution is -2.37. The van der Waals surface area contributed by atoms with Crippen LogP contribution in [-0.4, -0.2) is 29.5 Å². The number of nitrogens with one attached hydrogen (secondary N) is 2. The van der Waals surface area contributed by atoms with Crippen LogP contribution in [0.2, 0.25) is 0 Å². The zero-order valence-corrected chi connectivity index (χ0v) is 18.0. The molecule has 2 amide bonds. The third-order valence-electron chi connectivity index (χ3n) is 4.23. The lowest BCUT2D eigenvalue weighted by atomic mass is 10.1. The number of aryl methyl sites for hydroxylation is 1. The average Bonchev–Trinajstić information content (AvgIpc) is 2.58. The summed E-state index contributed by atoms with van der Waals surface area (Å²) in [6, 6.07) is 6.23. The van der Waals surface area contributed by atoms with Crippen LogP contribution in [-0.2, 0) is 11.3 Å². The SMILES string of the molecule is COc1ccc(NC(=O)c2c(C)cc(=O)n(CC(=O)NC(C)C)c2C)cc1N.Cl. The molecule has 1 aromatic carbocycles. The number of carbonyl (C=O) groups excluding carboxylic acids is 2. The summed E-state index contributed by atoms with van der Waals surface area (Å²) in [6.07, 6.45) is 0. The second-order valence-corrected chi connectivity index (χ2v) is 6.85. The lowest BCUT2D eigenvalue weighted by molar-refractivity contribution is -0.122. The minimum absolute atomic E-state index is 0. The van der Waals surface area contributed by atoms with E-state index in [1.165, 1.54) is 17.7 Å². The molecule has 0 aliphatic heterocycles. The number of benzene rings is 1. The summed E-state index contributed by atoms with van der Waals surface area (Å²) >= 11 is 0. The number of methoxy groups -OCH3 is 1. The maximum Gasteiger partial charge on any atom is 0.257 e. The van der Waals surface area contributed by atoms with Gasteiger partial charge in [-0.3, -0.25) is 14.4 Å². The predicted octanol–water partition coefficient (Wildman–Crippen LogP) is 2.25. The molecular formula is C20H27ClN4O4. The van der Waals surface area contributed by atoms with Gasteiger partial charge in [0.25, 0.3) is 11.5 Å². The third kappa shape index (κ3) is 5.74. The fourth-order valence-corrected chi connectivity index (χ4v) is 2.98. The van der Waals surface area contributed by atoms with Gasteiger partial charge in [-0.05, 0) is 51.5 Å². The molecule has 0 unspecified atom stereocenters. The molecule has 0 spiro atoms. The second kappa shape index (κ2) is 9.97. The zero-order valence-electron chi connectivity index (χ0n) is 17.2. The first-order chi connectivity index (χ1) is 13.1. The zero-order chi connectivity index (χ0) is 21.0. The molecule has 2 aromatic rings. The van der Waals surface area contributed by atoms with Crippen LogP contribution >= 0.6 is 12.4 Å². The van der Waals surface area contributed by atoms with E-state index in [1.54, 1.807) is 32.0 Å². The average molecular weight is 423 g/mol. The van der Waals surface area contributed by atoms with Crippen LogP contribution in [0.15, 0.2) is 29.1 Å². The van der Waals surface area contributed by atoms with Gasteiger partial charge in [0, 0.05) is 23.5 Å². The number of ether oxygens (including phenoxy) is 1. The number of anilines is 2. The van der Waals surface area contributed by atoms with Crippen molar-refractivity contribution in [3.63, 3.8) is 0 Å². The topological polar surface area (TPSA) is 115 Å². The number of amides is 2. The van der Waals surface area contributed by atoms with Crippen molar-refractivity contribution in [2.45, 2.75) is 40.3 Å². The highest BCUT2D eigenvalue weighted by molar-refractivity contribution is 6.06. The van der Waals surface area contributed by atoms with Crippen LogP contribution in [0.3, 0.4) is 0 Å². The Balaban J connectivity index is 0.00000420. The van der Waals surface area contributed by atoms with E-state index >= 15 is 0 Å². The van der Waals surface area contributed by atoms with Gasteiger partial charge < -0.3 is 25.7 Å². The van der Waals surface area contributed by atoms with E-state index in [9.17, 15) is 14.4 Å². The van der Waals surface area contributed by atoms with Crippen LogP contribution < -0.4 is 26.7 Å². The van der Waals surface area contributed by atoms with Crippen molar-refractivity contribution in [1.29, 1.82) is 0 Å². The van der Waals surface area contributed by atoms with E-state index in [2.05, 4.69) is 10.6 Å². The molecule has 158 valence electrons. The molecule has 0 saturated carbocycles. The van der Waals surface area contributed by atoms with Gasteiger partial charge in [0.05, 0.1) is 18.4 Å². The Kier molecular flexibility index (Phi) is 8.27. The smallest absolute Gasteiger partial charge is 0.257 e. The lowest BCUT2D eigenvalue weighted by Gasteiger charge is -2.17. The molecule has 0 aliphatic rings. The summed E-state index contributed by atoms with van der Waals surface area (Å²) < 4.78 is 6.40. The van der Waals surface area contributed by atoms with Crippen molar-refractivity contribution < 1.29 is 14.3 Å². The van der Waals surface area contributed by atoms with E-state index in [4.69, 9.17) is 10.5 Å². The second-order valence-electron chi connectivity index (χ2n) is 6.85. The number of rotatable bonds is 6. The number of hydrogen-bond donors (Lipinski definition) is 3. The minimum atomic E-state index is -0.391. The van der Waals surface area contributed by atoms with Gasteiger partial charge in [-0.2, -0.15) is 0 Å². The van der Waals surface area contributed by atoms with Crippen molar-refractivity contribution in [3.8, 4) is 5.75 Å². The van der Waals surface area contributed by atoms with Crippen molar-refractivity contribution in [3.05, 3.63) is 51.4 Å². The van der Waals surface area contributed by atoms with Gasteiger partial charge in [0.15, 0.2) is 0 Å². The van der Waals surface area contributed by atoms with Crippen LogP contribution in [0.5, 0.6) is 5.75 Å². The minimum Gasteiger partial charge on any atom is -0.495 e. The molecule has 1 aromatic heterocycles. The molecule has 0 saturated heterocycles. The Morgan fingerprint density at radius 3 is 2.41 bits per heavy atom. The van der Waals surface area contributed by atoms with Crippen LogP contribution in [0, 0.1) is 13.8 Å². The molecule has 0 bridgehead atoms. The Hall–Kier alpha value is -3.00. The van der Waals surface area contributed by atoms with Crippen LogP contribution in [0.25, 0.3) is 0 Å². The van der Waals surface area contributed by atoms with Crippen LogP contribution in [0.4, 0.5) is 11.4 Å².